The molecule has 2 aromatic rings. The molecule has 0 saturated carbocycles. The van der Waals surface area contributed by atoms with E-state index in [9.17, 15) is 13.6 Å². The summed E-state index contributed by atoms with van der Waals surface area (Å²) in [5.74, 6) is -1.00. The number of fused-ring (bicyclic) bond motifs is 1. The second-order valence-corrected chi connectivity index (χ2v) is 4.92. The van der Waals surface area contributed by atoms with Crippen LogP contribution in [0.15, 0.2) is 30.6 Å². The summed E-state index contributed by atoms with van der Waals surface area (Å²) in [6.07, 6.45) is 6.04. The maximum absolute atomic E-state index is 13.1. The highest BCUT2D eigenvalue weighted by Gasteiger charge is 2.19. The van der Waals surface area contributed by atoms with Crippen LogP contribution in [-0.4, -0.2) is 10.4 Å². The molecule has 0 bridgehead atoms. The Balaban J connectivity index is 1.89. The molecular formula is C15H13F2NO. The molecule has 3 rings (SSSR count). The molecule has 1 aliphatic carbocycles. The number of hydrogen-bond acceptors (Lipinski definition) is 1. The SMILES string of the molecule is O=C1CCCc2cn(Cc3cc(F)cc(F)c3)cc21. The van der Waals surface area contributed by atoms with Crippen LogP contribution in [0.4, 0.5) is 8.78 Å². The number of ketones is 1. The van der Waals surface area contributed by atoms with E-state index in [1.54, 1.807) is 6.20 Å². The largest absolute Gasteiger partial charge is 0.349 e. The fourth-order valence-electron chi connectivity index (χ4n) is 2.58. The van der Waals surface area contributed by atoms with Crippen LogP contribution in [0.25, 0.3) is 0 Å². The van der Waals surface area contributed by atoms with Crippen molar-refractivity contribution in [3.8, 4) is 0 Å². The van der Waals surface area contributed by atoms with Gasteiger partial charge < -0.3 is 4.57 Å². The summed E-state index contributed by atoms with van der Waals surface area (Å²) in [5.41, 5.74) is 2.34. The molecule has 1 aromatic carbocycles. The monoisotopic (exact) mass is 261 g/mol. The predicted molar refractivity (Wildman–Crippen MR) is 67.2 cm³/mol. The van der Waals surface area contributed by atoms with Gasteiger partial charge in [-0.15, -0.1) is 0 Å². The van der Waals surface area contributed by atoms with E-state index < -0.39 is 11.6 Å². The van der Waals surface area contributed by atoms with Gasteiger partial charge in [-0.05, 0) is 36.1 Å². The smallest absolute Gasteiger partial charge is 0.164 e. The Labute approximate surface area is 109 Å². The zero-order valence-electron chi connectivity index (χ0n) is 10.3. The molecule has 0 spiro atoms. The maximum Gasteiger partial charge on any atom is 0.164 e. The average Bonchev–Trinajstić information content (AvgIpc) is 2.71. The minimum atomic E-state index is -0.581. The van der Waals surface area contributed by atoms with Gasteiger partial charge in [-0.25, -0.2) is 8.78 Å². The predicted octanol–water partition coefficient (Wildman–Crippen LogP) is 3.33. The third-order valence-corrected chi connectivity index (χ3v) is 3.40. The van der Waals surface area contributed by atoms with Gasteiger partial charge in [0.15, 0.2) is 5.78 Å². The van der Waals surface area contributed by atoms with E-state index in [1.165, 1.54) is 12.1 Å². The lowest BCUT2D eigenvalue weighted by atomic mass is 9.95. The fraction of sp³-hybridized carbons (Fsp3) is 0.267. The zero-order chi connectivity index (χ0) is 13.4. The topological polar surface area (TPSA) is 22.0 Å². The first-order chi connectivity index (χ1) is 9.11. The summed E-state index contributed by atoms with van der Waals surface area (Å²) in [5, 5.41) is 0. The average molecular weight is 261 g/mol. The van der Waals surface area contributed by atoms with E-state index in [2.05, 4.69) is 0 Å². The van der Waals surface area contributed by atoms with E-state index in [4.69, 9.17) is 0 Å². The van der Waals surface area contributed by atoms with Crippen LogP contribution < -0.4 is 0 Å². The summed E-state index contributed by atoms with van der Waals surface area (Å²) in [4.78, 5) is 11.7. The van der Waals surface area contributed by atoms with Gasteiger partial charge in [-0.2, -0.15) is 0 Å². The van der Waals surface area contributed by atoms with Crippen LogP contribution in [0.2, 0.25) is 0 Å². The highest BCUT2D eigenvalue weighted by Crippen LogP contribution is 2.22. The Kier molecular flexibility index (Phi) is 2.93. The summed E-state index contributed by atoms with van der Waals surface area (Å²) < 4.78 is 28.1. The van der Waals surface area contributed by atoms with E-state index in [0.717, 1.165) is 30.0 Å². The molecule has 0 atom stereocenters. The van der Waals surface area contributed by atoms with Gasteiger partial charge in [0.25, 0.3) is 0 Å². The first kappa shape index (κ1) is 12.1. The van der Waals surface area contributed by atoms with Crippen molar-refractivity contribution in [1.82, 2.24) is 4.57 Å². The molecule has 0 radical (unpaired) electrons. The van der Waals surface area contributed by atoms with E-state index in [0.29, 0.717) is 18.5 Å². The van der Waals surface area contributed by atoms with Gasteiger partial charge in [0.05, 0.1) is 0 Å². The number of aryl methyl sites for hydroxylation is 1. The van der Waals surface area contributed by atoms with Gasteiger partial charge in [-0.1, -0.05) is 0 Å². The van der Waals surface area contributed by atoms with Crippen molar-refractivity contribution < 1.29 is 13.6 Å². The van der Waals surface area contributed by atoms with Crippen molar-refractivity contribution in [2.75, 3.05) is 0 Å². The minimum Gasteiger partial charge on any atom is -0.349 e. The molecule has 0 amide bonds. The van der Waals surface area contributed by atoms with Crippen LogP contribution in [0.3, 0.4) is 0 Å². The van der Waals surface area contributed by atoms with Crippen molar-refractivity contribution >= 4 is 5.78 Å². The number of halogens is 2. The van der Waals surface area contributed by atoms with Gasteiger partial charge in [0.2, 0.25) is 0 Å². The van der Waals surface area contributed by atoms with Crippen LogP contribution >= 0.6 is 0 Å². The molecule has 98 valence electrons. The van der Waals surface area contributed by atoms with E-state index >= 15 is 0 Å². The number of nitrogens with zero attached hydrogens (tertiary/aromatic N) is 1. The molecule has 0 N–H and O–H groups in total. The summed E-state index contributed by atoms with van der Waals surface area (Å²) in [6.45, 7) is 0.370. The van der Waals surface area contributed by atoms with Gasteiger partial charge in [-0.3, -0.25) is 4.79 Å². The molecule has 0 unspecified atom stereocenters. The minimum absolute atomic E-state index is 0.158. The Morgan fingerprint density at radius 2 is 1.79 bits per heavy atom. The Morgan fingerprint density at radius 1 is 1.05 bits per heavy atom. The maximum atomic E-state index is 13.1. The van der Waals surface area contributed by atoms with Crippen LogP contribution in [0.1, 0.15) is 34.3 Å². The normalized spacial score (nSPS) is 14.5. The second-order valence-electron chi connectivity index (χ2n) is 4.92. The Morgan fingerprint density at radius 3 is 2.47 bits per heavy atom. The van der Waals surface area contributed by atoms with Crippen molar-refractivity contribution in [2.24, 2.45) is 0 Å². The third kappa shape index (κ3) is 2.43. The van der Waals surface area contributed by atoms with E-state index in [-0.39, 0.29) is 5.78 Å². The fourth-order valence-corrected chi connectivity index (χ4v) is 2.58. The quantitative estimate of drug-likeness (QED) is 0.812. The standard InChI is InChI=1S/C15H13F2NO/c16-12-4-10(5-13(17)6-12)7-18-8-11-2-1-3-15(19)14(11)9-18/h4-6,8-9H,1-3,7H2. The highest BCUT2D eigenvalue weighted by molar-refractivity contribution is 5.98. The number of Topliss-reactive ketones (excluding diaryl/α,β-unsaturated/α-hetero) is 1. The van der Waals surface area contributed by atoms with Crippen LogP contribution in [-0.2, 0) is 13.0 Å². The number of carbonyl (C=O) groups excluding carboxylic acids is 1. The lowest BCUT2D eigenvalue weighted by molar-refractivity contribution is 0.0973. The molecule has 4 heteroatoms. The molecule has 1 aromatic heterocycles. The first-order valence-corrected chi connectivity index (χ1v) is 6.28. The molecule has 1 aliphatic rings. The van der Waals surface area contributed by atoms with Crippen molar-refractivity contribution in [3.63, 3.8) is 0 Å². The van der Waals surface area contributed by atoms with Crippen molar-refractivity contribution in [1.29, 1.82) is 0 Å². The summed E-state index contributed by atoms with van der Waals surface area (Å²) >= 11 is 0. The van der Waals surface area contributed by atoms with Crippen LogP contribution in [0.5, 0.6) is 0 Å². The lowest BCUT2D eigenvalue weighted by Crippen LogP contribution is -2.07. The van der Waals surface area contributed by atoms with Crippen molar-refractivity contribution in [3.05, 3.63) is 58.9 Å². The van der Waals surface area contributed by atoms with Gasteiger partial charge in [0, 0.05) is 37.0 Å². The van der Waals surface area contributed by atoms with Gasteiger partial charge in [0.1, 0.15) is 11.6 Å². The summed E-state index contributed by atoms with van der Waals surface area (Å²) in [6, 6.07) is 3.47. The lowest BCUT2D eigenvalue weighted by Gasteiger charge is -2.07. The molecule has 0 aliphatic heterocycles. The molecule has 0 fully saturated rings. The Bertz CT molecular complexity index is 625. The number of aromatic nitrogens is 1. The van der Waals surface area contributed by atoms with Crippen LogP contribution in [0, 0.1) is 11.6 Å². The molecule has 19 heavy (non-hydrogen) atoms. The number of carbonyl (C=O) groups is 1. The number of hydrogen-bond donors (Lipinski definition) is 0. The number of rotatable bonds is 2. The first-order valence-electron chi connectivity index (χ1n) is 6.28. The molecule has 2 nitrogen and oxygen atoms in total. The van der Waals surface area contributed by atoms with Gasteiger partial charge >= 0.3 is 0 Å². The second kappa shape index (κ2) is 4.61. The highest BCUT2D eigenvalue weighted by atomic mass is 19.1. The molecule has 0 saturated heterocycles. The summed E-state index contributed by atoms with van der Waals surface area (Å²) in [7, 11) is 0. The number of benzene rings is 1. The van der Waals surface area contributed by atoms with E-state index in [1.807, 2.05) is 10.8 Å². The van der Waals surface area contributed by atoms with Crippen molar-refractivity contribution in [2.45, 2.75) is 25.8 Å². The third-order valence-electron chi connectivity index (χ3n) is 3.40. The Hall–Kier alpha value is -1.97. The molecular weight excluding hydrogens is 248 g/mol. The zero-order valence-corrected chi connectivity index (χ0v) is 10.3. The molecule has 1 heterocycles.